The van der Waals surface area contributed by atoms with Crippen molar-refractivity contribution in [3.8, 4) is 0 Å². The highest BCUT2D eigenvalue weighted by Crippen LogP contribution is 2.32. The lowest BCUT2D eigenvalue weighted by Crippen LogP contribution is -2.55. The highest BCUT2D eigenvalue weighted by molar-refractivity contribution is 5.82. The van der Waals surface area contributed by atoms with Gasteiger partial charge in [0.15, 0.2) is 0 Å². The molecule has 20 heavy (non-hydrogen) atoms. The molecule has 2 aliphatic rings. The van der Waals surface area contributed by atoms with Crippen molar-refractivity contribution < 1.29 is 14.6 Å². The van der Waals surface area contributed by atoms with Crippen molar-refractivity contribution in [3.05, 3.63) is 18.2 Å². The van der Waals surface area contributed by atoms with Crippen LogP contribution >= 0.6 is 0 Å². The standard InChI is InChI=1S/C15H22N2O3/c16-8-3-1-6-15(19)20-14-7-10-17-9-4-2-5-13(17)12(14)11-18/h1,3,6,12-14,16,18H,2,4-5,7,9-11H2/b6-1+/t12-,13-,14+/m1/s1. The third-order valence-corrected chi connectivity index (χ3v) is 4.23. The summed E-state index contributed by atoms with van der Waals surface area (Å²) in [5, 5.41) is 16.4. The Bertz CT molecular complexity index is 415. The first-order valence-corrected chi connectivity index (χ1v) is 7.24. The third-order valence-electron chi connectivity index (χ3n) is 4.23. The monoisotopic (exact) mass is 278 g/mol. The van der Waals surface area contributed by atoms with Crippen molar-refractivity contribution in [2.45, 2.75) is 37.8 Å². The van der Waals surface area contributed by atoms with Crippen molar-refractivity contribution in [2.24, 2.45) is 5.92 Å². The zero-order chi connectivity index (χ0) is 14.4. The van der Waals surface area contributed by atoms with Crippen LogP contribution in [0.2, 0.25) is 0 Å². The van der Waals surface area contributed by atoms with Gasteiger partial charge in [0.05, 0.1) is 6.61 Å². The molecule has 5 nitrogen and oxygen atoms in total. The minimum Gasteiger partial charge on any atom is -0.459 e. The van der Waals surface area contributed by atoms with Crippen LogP contribution in [0, 0.1) is 11.3 Å². The summed E-state index contributed by atoms with van der Waals surface area (Å²) in [5.74, 6) is 1.67. The molecule has 110 valence electrons. The summed E-state index contributed by atoms with van der Waals surface area (Å²) in [7, 11) is 0. The number of rotatable bonds is 4. The maximum Gasteiger partial charge on any atom is 0.331 e. The summed E-state index contributed by atoms with van der Waals surface area (Å²) < 4.78 is 5.47. The second-order valence-corrected chi connectivity index (χ2v) is 5.38. The fraction of sp³-hybridized carbons (Fsp3) is 0.667. The van der Waals surface area contributed by atoms with E-state index in [9.17, 15) is 9.90 Å². The predicted molar refractivity (Wildman–Crippen MR) is 75.7 cm³/mol. The molecule has 2 rings (SSSR count). The number of hydrogen-bond acceptors (Lipinski definition) is 5. The van der Waals surface area contributed by atoms with E-state index in [1.807, 2.05) is 0 Å². The Morgan fingerprint density at radius 2 is 2.25 bits per heavy atom. The van der Waals surface area contributed by atoms with Gasteiger partial charge in [-0.25, -0.2) is 4.79 Å². The van der Waals surface area contributed by atoms with Gasteiger partial charge in [-0.15, -0.1) is 0 Å². The minimum atomic E-state index is -0.413. The lowest BCUT2D eigenvalue weighted by Gasteiger charge is -2.46. The molecule has 2 heterocycles. The fourth-order valence-electron chi connectivity index (χ4n) is 3.28. The quantitative estimate of drug-likeness (QED) is 0.350. The van der Waals surface area contributed by atoms with Gasteiger partial charge in [-0.3, -0.25) is 10.3 Å². The van der Waals surface area contributed by atoms with Gasteiger partial charge in [0.1, 0.15) is 6.10 Å². The average Bonchev–Trinajstić information content (AvgIpc) is 2.47. The summed E-state index contributed by atoms with van der Waals surface area (Å²) in [6.45, 7) is 2.08. The molecule has 0 aliphatic carbocycles. The number of nitrogens with one attached hydrogen (secondary N) is 1. The molecule has 0 aromatic heterocycles. The van der Waals surface area contributed by atoms with Gasteiger partial charge in [0.25, 0.3) is 0 Å². The maximum atomic E-state index is 11.7. The number of aliphatic hydroxyl groups excluding tert-OH is 1. The Kier molecular flexibility index (Phi) is 5.53. The van der Waals surface area contributed by atoms with E-state index in [2.05, 4.69) is 10.8 Å². The summed E-state index contributed by atoms with van der Waals surface area (Å²) in [6, 6.07) is 0.339. The van der Waals surface area contributed by atoms with E-state index in [0.29, 0.717) is 6.04 Å². The molecule has 2 N–H and O–H groups in total. The summed E-state index contributed by atoms with van der Waals surface area (Å²) in [4.78, 5) is 14.1. The number of esters is 1. The number of carbonyl (C=O) groups excluding carboxylic acids is 1. The van der Waals surface area contributed by atoms with Crippen LogP contribution in [0.25, 0.3) is 0 Å². The highest BCUT2D eigenvalue weighted by Gasteiger charge is 2.40. The van der Waals surface area contributed by atoms with Crippen molar-refractivity contribution >= 4 is 11.8 Å². The molecule has 5 heteroatoms. The van der Waals surface area contributed by atoms with Crippen LogP contribution in [0.5, 0.6) is 0 Å². The Morgan fingerprint density at radius 3 is 3.00 bits per heavy atom. The first-order chi connectivity index (χ1) is 9.76. The molecule has 0 unspecified atom stereocenters. The van der Waals surface area contributed by atoms with Gasteiger partial charge >= 0.3 is 5.97 Å². The number of aliphatic hydroxyl groups is 1. The smallest absolute Gasteiger partial charge is 0.331 e. The van der Waals surface area contributed by atoms with Crippen molar-refractivity contribution in [1.29, 1.82) is 5.41 Å². The highest BCUT2D eigenvalue weighted by atomic mass is 16.5. The van der Waals surface area contributed by atoms with Crippen molar-refractivity contribution in [2.75, 3.05) is 19.7 Å². The minimum absolute atomic E-state index is 0.0136. The van der Waals surface area contributed by atoms with E-state index in [-0.39, 0.29) is 18.6 Å². The predicted octanol–water partition coefficient (Wildman–Crippen LogP) is 1.13. The number of nitrogens with zero attached hydrogens (tertiary/aromatic N) is 1. The van der Waals surface area contributed by atoms with Crippen molar-refractivity contribution in [3.63, 3.8) is 0 Å². The molecular weight excluding hydrogens is 256 g/mol. The van der Waals surface area contributed by atoms with Crippen LogP contribution in [0.15, 0.2) is 18.2 Å². The first-order valence-electron chi connectivity index (χ1n) is 7.24. The van der Waals surface area contributed by atoms with E-state index in [1.165, 1.54) is 31.1 Å². The normalized spacial score (nSPS) is 30.6. The maximum absolute atomic E-state index is 11.7. The van der Waals surface area contributed by atoms with Gasteiger partial charge in [-0.2, -0.15) is 0 Å². The average molecular weight is 278 g/mol. The van der Waals surface area contributed by atoms with Crippen LogP contribution in [0.1, 0.15) is 25.7 Å². The van der Waals surface area contributed by atoms with E-state index >= 15 is 0 Å². The molecule has 2 aliphatic heterocycles. The zero-order valence-corrected chi connectivity index (χ0v) is 11.6. The largest absolute Gasteiger partial charge is 0.459 e. The van der Waals surface area contributed by atoms with Gasteiger partial charge in [-0.05, 0) is 43.8 Å². The summed E-state index contributed by atoms with van der Waals surface area (Å²) >= 11 is 0. The van der Waals surface area contributed by atoms with Gasteiger partial charge in [0, 0.05) is 24.6 Å². The number of piperidine rings is 2. The molecule has 0 amide bonds. The van der Waals surface area contributed by atoms with E-state index < -0.39 is 5.97 Å². The number of ether oxygens (including phenoxy) is 1. The second kappa shape index (κ2) is 7.39. The lowest BCUT2D eigenvalue weighted by atomic mass is 9.82. The summed E-state index contributed by atoms with van der Waals surface area (Å²) in [5.41, 5.74) is 0. The van der Waals surface area contributed by atoms with Crippen LogP contribution in [-0.4, -0.2) is 53.7 Å². The van der Waals surface area contributed by atoms with Crippen LogP contribution in [0.3, 0.4) is 0 Å². The molecular formula is C15H22N2O3. The first kappa shape index (κ1) is 15.0. The van der Waals surface area contributed by atoms with E-state index in [4.69, 9.17) is 10.1 Å². The topological polar surface area (TPSA) is 73.6 Å². The van der Waals surface area contributed by atoms with E-state index in [1.54, 1.807) is 0 Å². The van der Waals surface area contributed by atoms with Gasteiger partial charge in [-0.1, -0.05) is 6.42 Å². The zero-order valence-electron chi connectivity index (χ0n) is 11.6. The summed E-state index contributed by atoms with van der Waals surface area (Å²) in [6.07, 6.45) is 8.13. The number of carbonyl (C=O) groups is 1. The SMILES string of the molecule is N=C=C/C=C/C(=O)O[C@H]1CCN2CCCC[C@@H]2[C@H]1CO. The molecule has 2 fully saturated rings. The number of hydrogen-bond donors (Lipinski definition) is 2. The van der Waals surface area contributed by atoms with Crippen LogP contribution in [-0.2, 0) is 9.53 Å². The fourth-order valence-corrected chi connectivity index (χ4v) is 3.28. The molecule has 0 bridgehead atoms. The molecule has 0 saturated carbocycles. The molecule has 0 aromatic carbocycles. The molecule has 2 saturated heterocycles. The van der Waals surface area contributed by atoms with Crippen molar-refractivity contribution in [1.82, 2.24) is 4.90 Å². The van der Waals surface area contributed by atoms with E-state index in [0.717, 1.165) is 25.9 Å². The molecule has 0 radical (unpaired) electrons. The Hall–Kier alpha value is -1.42. The molecule has 0 spiro atoms. The Labute approximate surface area is 119 Å². The Balaban J connectivity index is 1.96. The molecule has 0 aromatic rings. The molecule has 3 atom stereocenters. The van der Waals surface area contributed by atoms with Crippen LogP contribution < -0.4 is 0 Å². The van der Waals surface area contributed by atoms with Gasteiger partial charge in [0.2, 0.25) is 0 Å². The lowest BCUT2D eigenvalue weighted by molar-refractivity contribution is -0.153. The van der Waals surface area contributed by atoms with Crippen LogP contribution in [0.4, 0.5) is 0 Å². The van der Waals surface area contributed by atoms with Gasteiger partial charge < -0.3 is 9.84 Å². The third kappa shape index (κ3) is 3.57. The Morgan fingerprint density at radius 1 is 1.40 bits per heavy atom. The second-order valence-electron chi connectivity index (χ2n) is 5.38. The number of allylic oxidation sites excluding steroid dienone is 2. The number of fused-ring (bicyclic) bond motifs is 1.